The summed E-state index contributed by atoms with van der Waals surface area (Å²) in [5.41, 5.74) is 0. The molecule has 208 valence electrons. The van der Waals surface area contributed by atoms with Crippen LogP contribution in [0, 0.1) is 0 Å². The van der Waals surface area contributed by atoms with Crippen LogP contribution in [0.15, 0.2) is 0 Å². The highest BCUT2D eigenvalue weighted by atomic mass is 14.0. The van der Waals surface area contributed by atoms with Gasteiger partial charge in [-0.3, -0.25) is 0 Å². The number of unbranched alkanes of at least 4 members (excludes halogenated alkanes) is 28. The van der Waals surface area contributed by atoms with Crippen molar-refractivity contribution in [1.29, 1.82) is 0 Å². The van der Waals surface area contributed by atoms with Crippen molar-refractivity contribution >= 4 is 0 Å². The molecule has 0 heterocycles. The van der Waals surface area contributed by atoms with Crippen LogP contribution in [-0.4, -0.2) is 0 Å². The van der Waals surface area contributed by atoms with Crippen molar-refractivity contribution in [2.45, 2.75) is 220 Å². The first-order chi connectivity index (χ1) is 16.8. The van der Waals surface area contributed by atoms with Crippen molar-refractivity contribution in [3.63, 3.8) is 0 Å². The first-order valence-electron chi connectivity index (χ1n) is 16.8. The van der Waals surface area contributed by atoms with E-state index in [-0.39, 0.29) is 0 Å². The highest BCUT2D eigenvalue weighted by Gasteiger charge is 1.96. The lowest BCUT2D eigenvalue weighted by Crippen LogP contribution is -1.85. The van der Waals surface area contributed by atoms with Crippen LogP contribution < -0.4 is 0 Å². The highest BCUT2D eigenvalue weighted by Crippen LogP contribution is 2.16. The van der Waals surface area contributed by atoms with Gasteiger partial charge in [-0.15, -0.1) is 0 Å². The molecule has 0 aliphatic carbocycles. The van der Waals surface area contributed by atoms with Crippen LogP contribution in [0.2, 0.25) is 0 Å². The summed E-state index contributed by atoms with van der Waals surface area (Å²) in [5, 5.41) is 0. The Morgan fingerprint density at radius 2 is 0.265 bits per heavy atom. The summed E-state index contributed by atoms with van der Waals surface area (Å²) in [5.74, 6) is 0. The summed E-state index contributed by atoms with van der Waals surface area (Å²) >= 11 is 0. The van der Waals surface area contributed by atoms with Gasteiger partial charge in [-0.05, 0) is 0 Å². The van der Waals surface area contributed by atoms with Crippen molar-refractivity contribution in [2.24, 2.45) is 0 Å². The minimum Gasteiger partial charge on any atom is -0.0656 e. The summed E-state index contributed by atoms with van der Waals surface area (Å²) in [6, 6.07) is 0. The van der Waals surface area contributed by atoms with Gasteiger partial charge in [0.25, 0.3) is 0 Å². The van der Waals surface area contributed by atoms with Gasteiger partial charge in [0, 0.05) is 0 Å². The minimum absolute atomic E-state index is 1.25. The normalized spacial score (nSPS) is 10.9. The standard InChI is InChI=1S/C31H64.C3H8/c1-3-5-7-9-11-13-15-17-19-21-23-25-27-29-31-30-28-26-24-22-20-18-16-14-12-10-8-6-4-2;1-3-2/h3-31H2,1-2H3;3H2,1-2H3. The van der Waals surface area contributed by atoms with E-state index < -0.39 is 0 Å². The quantitative estimate of drug-likeness (QED) is 0.0976. The van der Waals surface area contributed by atoms with Crippen molar-refractivity contribution in [1.82, 2.24) is 0 Å². The molecule has 0 heteroatoms. The van der Waals surface area contributed by atoms with Gasteiger partial charge in [0.15, 0.2) is 0 Å². The fraction of sp³-hybridized carbons (Fsp3) is 1.00. The molecule has 0 spiro atoms. The molecule has 0 amide bonds. The Kier molecular flexibility index (Phi) is 39.9. The third-order valence-electron chi connectivity index (χ3n) is 7.21. The van der Waals surface area contributed by atoms with E-state index in [0.29, 0.717) is 0 Å². The van der Waals surface area contributed by atoms with Crippen LogP contribution in [0.3, 0.4) is 0 Å². The van der Waals surface area contributed by atoms with E-state index in [9.17, 15) is 0 Å². The van der Waals surface area contributed by atoms with Gasteiger partial charge in [-0.2, -0.15) is 0 Å². The smallest absolute Gasteiger partial charge is 0.0533 e. The average molecular weight is 481 g/mol. The van der Waals surface area contributed by atoms with E-state index in [2.05, 4.69) is 27.7 Å². The summed E-state index contributed by atoms with van der Waals surface area (Å²) in [6.45, 7) is 8.86. The van der Waals surface area contributed by atoms with Gasteiger partial charge >= 0.3 is 0 Å². The molecule has 0 atom stereocenters. The Bertz CT molecular complexity index is 266. The predicted molar refractivity (Wildman–Crippen MR) is 161 cm³/mol. The number of rotatable bonds is 28. The van der Waals surface area contributed by atoms with Gasteiger partial charge in [-0.1, -0.05) is 220 Å². The van der Waals surface area contributed by atoms with Crippen LogP contribution in [0.1, 0.15) is 220 Å². The molecule has 0 saturated carbocycles. The first-order valence-corrected chi connectivity index (χ1v) is 16.8. The number of hydrogen-bond donors (Lipinski definition) is 0. The SMILES string of the molecule is CCC.CCCCCCCCCCCCCCCCCCCCCCCCCCCCCCC. The Morgan fingerprint density at radius 3 is 0.353 bits per heavy atom. The maximum atomic E-state index is 2.31. The monoisotopic (exact) mass is 481 g/mol. The maximum absolute atomic E-state index is 2.31. The molecule has 0 aromatic rings. The molecule has 0 aliphatic rings. The van der Waals surface area contributed by atoms with E-state index in [0.717, 1.165) is 0 Å². The van der Waals surface area contributed by atoms with Crippen LogP contribution in [0.25, 0.3) is 0 Å². The van der Waals surface area contributed by atoms with Crippen LogP contribution >= 0.6 is 0 Å². The molecule has 0 saturated heterocycles. The molecule has 0 aromatic carbocycles. The fourth-order valence-corrected chi connectivity index (χ4v) is 4.92. The Balaban J connectivity index is 0. The zero-order chi connectivity index (χ0) is 25.2. The minimum atomic E-state index is 1.25. The van der Waals surface area contributed by atoms with Crippen LogP contribution in [0.5, 0.6) is 0 Å². The van der Waals surface area contributed by atoms with Crippen LogP contribution in [-0.2, 0) is 0 Å². The average Bonchev–Trinajstić information content (AvgIpc) is 2.84. The fourth-order valence-electron chi connectivity index (χ4n) is 4.92. The molecule has 0 N–H and O–H groups in total. The summed E-state index contributed by atoms with van der Waals surface area (Å²) < 4.78 is 0. The second kappa shape index (κ2) is 37.5. The Labute approximate surface area is 220 Å². The molecule has 0 bridgehead atoms. The van der Waals surface area contributed by atoms with E-state index in [1.54, 1.807) is 0 Å². The molecule has 0 rings (SSSR count). The van der Waals surface area contributed by atoms with E-state index in [1.807, 2.05) is 0 Å². The lowest BCUT2D eigenvalue weighted by Gasteiger charge is -2.04. The Hall–Kier alpha value is 0. The molecule has 0 radical (unpaired) electrons. The molecule has 0 nitrogen and oxygen atoms in total. The first kappa shape index (κ1) is 36.2. The van der Waals surface area contributed by atoms with Crippen molar-refractivity contribution in [3.05, 3.63) is 0 Å². The van der Waals surface area contributed by atoms with Gasteiger partial charge in [-0.25, -0.2) is 0 Å². The third-order valence-corrected chi connectivity index (χ3v) is 7.21. The molecule has 0 unspecified atom stereocenters. The Morgan fingerprint density at radius 1 is 0.176 bits per heavy atom. The van der Waals surface area contributed by atoms with Crippen LogP contribution in [0.4, 0.5) is 0 Å². The highest BCUT2D eigenvalue weighted by molar-refractivity contribution is 4.52. The lowest BCUT2D eigenvalue weighted by atomic mass is 10.0. The molecule has 0 fully saturated rings. The molecule has 0 aromatic heterocycles. The second-order valence-corrected chi connectivity index (χ2v) is 11.3. The van der Waals surface area contributed by atoms with Crippen molar-refractivity contribution in [2.75, 3.05) is 0 Å². The summed E-state index contributed by atoms with van der Waals surface area (Å²) in [7, 11) is 0. The van der Waals surface area contributed by atoms with Crippen molar-refractivity contribution < 1.29 is 0 Å². The van der Waals surface area contributed by atoms with Crippen molar-refractivity contribution in [3.8, 4) is 0 Å². The van der Waals surface area contributed by atoms with Gasteiger partial charge in [0.1, 0.15) is 0 Å². The second-order valence-electron chi connectivity index (χ2n) is 11.3. The van der Waals surface area contributed by atoms with E-state index in [1.165, 1.54) is 193 Å². The van der Waals surface area contributed by atoms with Gasteiger partial charge < -0.3 is 0 Å². The molecule has 34 heavy (non-hydrogen) atoms. The predicted octanol–water partition coefficient (Wildman–Crippen LogP) is 13.8. The third kappa shape index (κ3) is 39.2. The van der Waals surface area contributed by atoms with Gasteiger partial charge in [0.05, 0.1) is 0 Å². The summed E-state index contributed by atoms with van der Waals surface area (Å²) in [4.78, 5) is 0. The van der Waals surface area contributed by atoms with Gasteiger partial charge in [0.2, 0.25) is 0 Å². The summed E-state index contributed by atoms with van der Waals surface area (Å²) in [6.07, 6.45) is 44.1. The largest absolute Gasteiger partial charge is 0.0656 e. The molecular weight excluding hydrogens is 408 g/mol. The number of hydrogen-bond acceptors (Lipinski definition) is 0. The topological polar surface area (TPSA) is 0 Å². The zero-order valence-corrected chi connectivity index (χ0v) is 25.2. The molecular formula is C34H72. The maximum Gasteiger partial charge on any atom is -0.0533 e. The zero-order valence-electron chi connectivity index (χ0n) is 25.2. The molecule has 0 aliphatic heterocycles. The van der Waals surface area contributed by atoms with E-state index in [4.69, 9.17) is 0 Å². The lowest BCUT2D eigenvalue weighted by molar-refractivity contribution is 0.514. The van der Waals surface area contributed by atoms with E-state index >= 15 is 0 Å².